The van der Waals surface area contributed by atoms with E-state index in [1.165, 1.54) is 0 Å². The number of amides is 1. The van der Waals surface area contributed by atoms with Crippen LogP contribution in [0.1, 0.15) is 38.3 Å². The molecule has 2 unspecified atom stereocenters. The molecule has 0 bridgehead atoms. The second-order valence-corrected chi connectivity index (χ2v) is 7.91. The first-order valence-electron chi connectivity index (χ1n) is 9.85. The number of fused-ring (bicyclic) bond motifs is 1. The third-order valence-electron chi connectivity index (χ3n) is 4.99. The molecule has 1 aliphatic rings. The van der Waals surface area contributed by atoms with Crippen LogP contribution < -0.4 is 0 Å². The van der Waals surface area contributed by atoms with E-state index >= 15 is 0 Å². The fourth-order valence-corrected chi connectivity index (χ4v) is 4.10. The summed E-state index contributed by atoms with van der Waals surface area (Å²) >= 11 is 12.4. The molecule has 0 radical (unpaired) electrons. The summed E-state index contributed by atoms with van der Waals surface area (Å²) in [6, 6.07) is 6.91. The molecule has 3 rings (SSSR count). The van der Waals surface area contributed by atoms with Crippen LogP contribution in [0.2, 0.25) is 10.0 Å². The molecule has 0 spiro atoms. The Morgan fingerprint density at radius 1 is 1.17 bits per heavy atom. The fourth-order valence-electron chi connectivity index (χ4n) is 3.80. The van der Waals surface area contributed by atoms with Gasteiger partial charge in [-0.2, -0.15) is 5.10 Å². The van der Waals surface area contributed by atoms with E-state index in [1.54, 1.807) is 30.1 Å². The first-order valence-corrected chi connectivity index (χ1v) is 10.6. The van der Waals surface area contributed by atoms with Crippen LogP contribution in [-0.2, 0) is 9.53 Å². The number of benzene rings is 1. The number of ether oxygens (including phenoxy) is 1. The van der Waals surface area contributed by atoms with Gasteiger partial charge in [0.05, 0.1) is 34.6 Å². The second kappa shape index (κ2) is 9.74. The average molecular weight is 437 g/mol. The summed E-state index contributed by atoms with van der Waals surface area (Å²) < 4.78 is 7.19. The summed E-state index contributed by atoms with van der Waals surface area (Å²) in [5, 5.41) is 5.38. The van der Waals surface area contributed by atoms with Gasteiger partial charge in [0.2, 0.25) is 5.91 Å². The zero-order valence-corrected chi connectivity index (χ0v) is 18.5. The van der Waals surface area contributed by atoms with E-state index in [4.69, 9.17) is 32.9 Å². The van der Waals surface area contributed by atoms with Crippen molar-refractivity contribution in [2.75, 3.05) is 26.8 Å². The number of hydrogen-bond donors (Lipinski definition) is 0. The molecule has 1 aromatic heterocycles. The Morgan fingerprint density at radius 3 is 2.52 bits per heavy atom. The number of aromatic nitrogens is 2. The molecule has 0 aliphatic carbocycles. The number of aliphatic imine (C=N–C) groups is 1. The van der Waals surface area contributed by atoms with Gasteiger partial charge in [-0.15, -0.1) is 0 Å². The van der Waals surface area contributed by atoms with Crippen molar-refractivity contribution in [3.63, 3.8) is 0 Å². The largest absolute Gasteiger partial charge is 0.379 e. The average Bonchev–Trinajstić information content (AvgIpc) is 3.17. The van der Waals surface area contributed by atoms with Crippen molar-refractivity contribution >= 4 is 40.6 Å². The van der Waals surface area contributed by atoms with Crippen LogP contribution in [0.5, 0.6) is 0 Å². The Balaban J connectivity index is 2.13. The van der Waals surface area contributed by atoms with Crippen molar-refractivity contribution in [1.82, 2.24) is 14.7 Å². The van der Waals surface area contributed by atoms with Crippen LogP contribution in [0.4, 0.5) is 5.82 Å². The highest BCUT2D eigenvalue weighted by Gasteiger charge is 2.41. The molecule has 0 N–H and O–H groups in total. The van der Waals surface area contributed by atoms with Crippen molar-refractivity contribution in [2.24, 2.45) is 10.9 Å². The molecule has 2 atom stereocenters. The third kappa shape index (κ3) is 4.49. The molecule has 2 heterocycles. The van der Waals surface area contributed by atoms with Gasteiger partial charge >= 0.3 is 0 Å². The summed E-state index contributed by atoms with van der Waals surface area (Å²) in [4.78, 5) is 20.3. The van der Waals surface area contributed by atoms with Crippen LogP contribution >= 0.6 is 23.2 Å². The van der Waals surface area contributed by atoms with Gasteiger partial charge in [0.1, 0.15) is 5.92 Å². The Labute approximate surface area is 181 Å². The molecule has 29 heavy (non-hydrogen) atoms. The third-order valence-corrected chi connectivity index (χ3v) is 5.73. The number of carbonyl (C=O) groups is 1. The molecule has 8 heteroatoms. The summed E-state index contributed by atoms with van der Waals surface area (Å²) in [7, 11) is 1.61. The molecule has 0 fully saturated rings. The highest BCUT2D eigenvalue weighted by Crippen LogP contribution is 2.39. The van der Waals surface area contributed by atoms with Crippen molar-refractivity contribution < 1.29 is 9.53 Å². The Hall–Kier alpha value is -1.89. The van der Waals surface area contributed by atoms with Gasteiger partial charge in [0.25, 0.3) is 0 Å². The minimum Gasteiger partial charge on any atom is -0.379 e. The zero-order chi connectivity index (χ0) is 21.0. The summed E-state index contributed by atoms with van der Waals surface area (Å²) in [5.74, 6) is 0.189. The topological polar surface area (TPSA) is 59.7 Å². The van der Waals surface area contributed by atoms with Crippen molar-refractivity contribution in [1.29, 1.82) is 0 Å². The summed E-state index contributed by atoms with van der Waals surface area (Å²) in [6.45, 7) is 5.81. The predicted molar refractivity (Wildman–Crippen MR) is 116 cm³/mol. The minimum absolute atomic E-state index is 0.0294. The molecule has 1 aromatic carbocycles. The number of carbonyl (C=O) groups excluding carboxylic acids is 1. The molecule has 1 amide bonds. The first kappa shape index (κ1) is 21.8. The van der Waals surface area contributed by atoms with E-state index in [-0.39, 0.29) is 18.6 Å². The van der Waals surface area contributed by atoms with Crippen LogP contribution in [-0.4, -0.2) is 53.1 Å². The molecule has 0 saturated carbocycles. The Bertz CT molecular complexity index is 891. The number of hydrogen-bond acceptors (Lipinski definition) is 4. The lowest BCUT2D eigenvalue weighted by Gasteiger charge is -2.35. The molecule has 0 saturated heterocycles. The molecule has 2 aromatic rings. The molecule has 156 valence electrons. The maximum atomic E-state index is 13.7. The molecule has 1 aliphatic heterocycles. The van der Waals surface area contributed by atoms with Gasteiger partial charge in [-0.1, -0.05) is 43.1 Å². The monoisotopic (exact) mass is 436 g/mol. The van der Waals surface area contributed by atoms with Crippen LogP contribution in [0.25, 0.3) is 0 Å². The van der Waals surface area contributed by atoms with Gasteiger partial charge in [0.15, 0.2) is 5.82 Å². The van der Waals surface area contributed by atoms with E-state index in [0.29, 0.717) is 34.7 Å². The SMILES string of the molecule is CCCN(CCC)C(=O)C1C(COC)=Nc2ccnn2C1c1ccc(Cl)c(Cl)c1. The Morgan fingerprint density at radius 2 is 1.90 bits per heavy atom. The smallest absolute Gasteiger partial charge is 0.234 e. The molecule has 6 nitrogen and oxygen atoms in total. The Kier molecular flexibility index (Phi) is 7.33. The second-order valence-electron chi connectivity index (χ2n) is 7.09. The van der Waals surface area contributed by atoms with E-state index in [0.717, 1.165) is 18.4 Å². The van der Waals surface area contributed by atoms with E-state index in [2.05, 4.69) is 18.9 Å². The van der Waals surface area contributed by atoms with E-state index in [1.807, 2.05) is 17.0 Å². The zero-order valence-electron chi connectivity index (χ0n) is 16.9. The minimum atomic E-state index is -0.530. The van der Waals surface area contributed by atoms with Gasteiger partial charge in [-0.25, -0.2) is 9.67 Å². The maximum absolute atomic E-state index is 13.7. The lowest BCUT2D eigenvalue weighted by Crippen LogP contribution is -2.46. The summed E-state index contributed by atoms with van der Waals surface area (Å²) in [5.41, 5.74) is 1.55. The van der Waals surface area contributed by atoms with Crippen molar-refractivity contribution in [3.8, 4) is 0 Å². The van der Waals surface area contributed by atoms with E-state index in [9.17, 15) is 4.79 Å². The highest BCUT2D eigenvalue weighted by atomic mass is 35.5. The number of nitrogens with zero attached hydrogens (tertiary/aromatic N) is 4. The lowest BCUT2D eigenvalue weighted by molar-refractivity contribution is -0.134. The quantitative estimate of drug-likeness (QED) is 0.598. The van der Waals surface area contributed by atoms with Crippen LogP contribution in [0.3, 0.4) is 0 Å². The van der Waals surface area contributed by atoms with Gasteiger partial charge < -0.3 is 9.64 Å². The number of methoxy groups -OCH3 is 1. The van der Waals surface area contributed by atoms with Crippen molar-refractivity contribution in [3.05, 3.63) is 46.1 Å². The molecular weight excluding hydrogens is 411 g/mol. The van der Waals surface area contributed by atoms with Gasteiger partial charge in [-0.3, -0.25) is 4.79 Å². The predicted octanol–water partition coefficient (Wildman–Crippen LogP) is 4.78. The number of halogens is 2. The normalized spacial score (nSPS) is 18.3. The summed E-state index contributed by atoms with van der Waals surface area (Å²) in [6.07, 6.45) is 3.47. The maximum Gasteiger partial charge on any atom is 0.234 e. The molecular formula is C21H26Cl2N4O2. The van der Waals surface area contributed by atoms with Gasteiger partial charge in [-0.05, 0) is 30.5 Å². The lowest BCUT2D eigenvalue weighted by atomic mass is 9.86. The standard InChI is InChI=1S/C21H26Cl2N4O2/c1-4-10-26(11-5-2)21(28)19-17(13-29-3)25-18-8-9-24-27(18)20(19)14-6-7-15(22)16(23)12-14/h6-9,12,19-20H,4-5,10-11,13H2,1-3H3. The van der Waals surface area contributed by atoms with Crippen LogP contribution in [0.15, 0.2) is 35.5 Å². The first-order chi connectivity index (χ1) is 14.0. The highest BCUT2D eigenvalue weighted by molar-refractivity contribution is 6.42. The van der Waals surface area contributed by atoms with E-state index < -0.39 is 5.92 Å². The number of rotatable bonds is 8. The van der Waals surface area contributed by atoms with Crippen LogP contribution in [0, 0.1) is 5.92 Å². The van der Waals surface area contributed by atoms with Crippen molar-refractivity contribution in [2.45, 2.75) is 32.7 Å². The van der Waals surface area contributed by atoms with Gasteiger partial charge in [0, 0.05) is 26.3 Å². The fraction of sp³-hybridized carbons (Fsp3) is 0.476.